The van der Waals surface area contributed by atoms with Gasteiger partial charge in [-0.25, -0.2) is 4.79 Å². The summed E-state index contributed by atoms with van der Waals surface area (Å²) in [5, 5.41) is 3.31. The van der Waals surface area contributed by atoms with Crippen molar-refractivity contribution in [3.8, 4) is 0 Å². The van der Waals surface area contributed by atoms with Crippen LogP contribution in [-0.2, 0) is 14.3 Å². The predicted molar refractivity (Wildman–Crippen MR) is 109 cm³/mol. The number of aryl methyl sites for hydroxylation is 1. The molecule has 1 aromatic carbocycles. The average Bonchev–Trinajstić information content (AvgIpc) is 2.94. The molecule has 0 aliphatic carbocycles. The number of anilines is 1. The molecule has 7 heteroatoms. The number of methoxy groups -OCH3 is 1. The first-order valence-electron chi connectivity index (χ1n) is 8.87. The number of ether oxygens (including phenoxy) is 1. The molecular weight excluding hydrogens is 376 g/mol. The fourth-order valence-corrected chi connectivity index (χ4v) is 4.39. The molecule has 3 rings (SSSR count). The van der Waals surface area contributed by atoms with Crippen LogP contribution < -0.4 is 5.32 Å². The summed E-state index contributed by atoms with van der Waals surface area (Å²) in [6.07, 6.45) is 3.66. The minimum atomic E-state index is -0.478. The quantitative estimate of drug-likeness (QED) is 0.788. The number of rotatable bonds is 4. The van der Waals surface area contributed by atoms with E-state index in [-0.39, 0.29) is 18.2 Å². The molecule has 0 fully saturated rings. The first kappa shape index (κ1) is 19.8. The third-order valence-electron chi connectivity index (χ3n) is 4.88. The molecule has 2 amide bonds. The molecule has 0 spiro atoms. The van der Waals surface area contributed by atoms with Crippen LogP contribution in [0.25, 0.3) is 6.08 Å². The van der Waals surface area contributed by atoms with Gasteiger partial charge >= 0.3 is 5.97 Å². The van der Waals surface area contributed by atoms with Crippen molar-refractivity contribution in [2.75, 3.05) is 12.4 Å². The van der Waals surface area contributed by atoms with E-state index in [9.17, 15) is 14.4 Å². The van der Waals surface area contributed by atoms with Gasteiger partial charge in [-0.2, -0.15) is 0 Å². The van der Waals surface area contributed by atoms with Gasteiger partial charge < -0.3 is 15.0 Å². The summed E-state index contributed by atoms with van der Waals surface area (Å²) in [4.78, 5) is 39.5. The first-order valence-corrected chi connectivity index (χ1v) is 9.69. The van der Waals surface area contributed by atoms with Crippen molar-refractivity contribution in [3.05, 3.63) is 57.6 Å². The van der Waals surface area contributed by atoms with Gasteiger partial charge in [0.15, 0.2) is 0 Å². The zero-order valence-corrected chi connectivity index (χ0v) is 17.1. The Morgan fingerprint density at radius 2 is 1.93 bits per heavy atom. The molecule has 28 heavy (non-hydrogen) atoms. The van der Waals surface area contributed by atoms with Crippen LogP contribution in [0, 0.1) is 13.8 Å². The van der Waals surface area contributed by atoms with E-state index in [1.54, 1.807) is 11.1 Å². The number of benzene rings is 1. The van der Waals surface area contributed by atoms with Crippen LogP contribution in [0.3, 0.4) is 0 Å². The molecule has 0 bridgehead atoms. The van der Waals surface area contributed by atoms with Gasteiger partial charge in [0.05, 0.1) is 25.1 Å². The van der Waals surface area contributed by atoms with Crippen LogP contribution in [0.15, 0.2) is 30.5 Å². The predicted octanol–water partition coefficient (Wildman–Crippen LogP) is 4.05. The fourth-order valence-electron chi connectivity index (χ4n) is 3.33. The molecule has 0 saturated heterocycles. The first-order chi connectivity index (χ1) is 13.3. The van der Waals surface area contributed by atoms with E-state index >= 15 is 0 Å². The van der Waals surface area contributed by atoms with Gasteiger partial charge in [0, 0.05) is 18.0 Å². The molecule has 146 valence electrons. The Kier molecular flexibility index (Phi) is 5.65. The zero-order chi connectivity index (χ0) is 20.4. The maximum atomic E-state index is 12.8. The lowest BCUT2D eigenvalue weighted by molar-refractivity contribution is -0.129. The summed E-state index contributed by atoms with van der Waals surface area (Å²) < 4.78 is 4.85. The molecule has 2 aromatic rings. The van der Waals surface area contributed by atoms with Crippen molar-refractivity contribution in [1.29, 1.82) is 0 Å². The van der Waals surface area contributed by atoms with E-state index in [2.05, 4.69) is 5.32 Å². The van der Waals surface area contributed by atoms with Crippen molar-refractivity contribution >= 4 is 40.2 Å². The smallest absolute Gasteiger partial charge is 0.341 e. The van der Waals surface area contributed by atoms with Crippen molar-refractivity contribution in [2.45, 2.75) is 33.2 Å². The highest BCUT2D eigenvalue weighted by Crippen LogP contribution is 2.35. The summed E-state index contributed by atoms with van der Waals surface area (Å²) in [7, 11) is 1.32. The zero-order valence-electron chi connectivity index (χ0n) is 16.2. The third kappa shape index (κ3) is 3.71. The molecule has 1 aromatic heterocycles. The Morgan fingerprint density at radius 3 is 2.61 bits per heavy atom. The second kappa shape index (κ2) is 7.98. The normalized spacial score (nSPS) is 15.1. The number of esters is 1. The number of carbonyl (C=O) groups excluding carboxylic acids is 3. The van der Waals surface area contributed by atoms with Crippen LogP contribution >= 0.6 is 11.3 Å². The van der Waals surface area contributed by atoms with Gasteiger partial charge in [0.1, 0.15) is 5.00 Å². The Labute approximate surface area is 167 Å². The number of hydrogen-bond acceptors (Lipinski definition) is 5. The highest BCUT2D eigenvalue weighted by atomic mass is 32.1. The highest BCUT2D eigenvalue weighted by Gasteiger charge is 2.29. The highest BCUT2D eigenvalue weighted by molar-refractivity contribution is 7.16. The Morgan fingerprint density at radius 1 is 1.21 bits per heavy atom. The Hall–Kier alpha value is -2.93. The molecule has 0 radical (unpaired) electrons. The number of hydrogen-bond donors (Lipinski definition) is 1. The maximum Gasteiger partial charge on any atom is 0.341 e. The summed E-state index contributed by atoms with van der Waals surface area (Å²) in [5.41, 5.74) is 3.08. The van der Waals surface area contributed by atoms with Gasteiger partial charge in [-0.15, -0.1) is 11.3 Å². The standard InChI is InChI=1S/C21H22N2O4S/c1-12-13(2)28-20(19(12)21(26)27-4)22-18(25)11-17-16-8-6-5-7-15(16)9-10-23(17)14(3)24/h5-10,17H,11H2,1-4H3,(H,22,25). The second-order valence-electron chi connectivity index (χ2n) is 6.62. The van der Waals surface area contributed by atoms with Gasteiger partial charge in [-0.1, -0.05) is 24.3 Å². The van der Waals surface area contributed by atoms with Crippen molar-refractivity contribution < 1.29 is 19.1 Å². The average molecular weight is 398 g/mol. The second-order valence-corrected chi connectivity index (χ2v) is 7.84. The largest absolute Gasteiger partial charge is 0.465 e. The molecule has 1 unspecified atom stereocenters. The van der Waals surface area contributed by atoms with E-state index in [0.717, 1.165) is 21.6 Å². The van der Waals surface area contributed by atoms with Crippen LogP contribution in [0.5, 0.6) is 0 Å². The van der Waals surface area contributed by atoms with E-state index in [1.165, 1.54) is 25.4 Å². The van der Waals surface area contributed by atoms with E-state index in [0.29, 0.717) is 10.6 Å². The monoisotopic (exact) mass is 398 g/mol. The van der Waals surface area contributed by atoms with Crippen LogP contribution in [0.1, 0.15) is 51.3 Å². The molecule has 1 N–H and O–H groups in total. The Balaban J connectivity index is 1.87. The van der Waals surface area contributed by atoms with Gasteiger partial charge in [-0.3, -0.25) is 9.59 Å². The Bertz CT molecular complexity index is 977. The molecular formula is C21H22N2O4S. The van der Waals surface area contributed by atoms with Gasteiger partial charge in [-0.05, 0) is 36.6 Å². The van der Waals surface area contributed by atoms with Gasteiger partial charge in [0.2, 0.25) is 11.8 Å². The van der Waals surface area contributed by atoms with Gasteiger partial charge in [0.25, 0.3) is 0 Å². The summed E-state index contributed by atoms with van der Waals surface area (Å²) in [5.74, 6) is -0.886. The van der Waals surface area contributed by atoms with E-state index in [1.807, 2.05) is 44.2 Å². The SMILES string of the molecule is COC(=O)c1c(NC(=O)CC2c3ccccc3C=CN2C(C)=O)sc(C)c1C. The van der Waals surface area contributed by atoms with Crippen LogP contribution in [-0.4, -0.2) is 29.8 Å². The number of nitrogens with zero attached hydrogens (tertiary/aromatic N) is 1. The van der Waals surface area contributed by atoms with Crippen molar-refractivity contribution in [3.63, 3.8) is 0 Å². The minimum absolute atomic E-state index is 0.0809. The molecule has 0 saturated carbocycles. The lowest BCUT2D eigenvalue weighted by atomic mass is 9.93. The molecule has 1 atom stereocenters. The molecule has 1 aliphatic heterocycles. The van der Waals surface area contributed by atoms with Crippen molar-refractivity contribution in [2.24, 2.45) is 0 Å². The number of thiophene rings is 1. The molecule has 6 nitrogen and oxygen atoms in total. The number of nitrogens with one attached hydrogen (secondary N) is 1. The molecule has 2 heterocycles. The molecule has 1 aliphatic rings. The van der Waals surface area contributed by atoms with Crippen LogP contribution in [0.2, 0.25) is 0 Å². The number of carbonyl (C=O) groups is 3. The lowest BCUT2D eigenvalue weighted by Crippen LogP contribution is -2.33. The van der Waals surface area contributed by atoms with Crippen LogP contribution in [0.4, 0.5) is 5.00 Å². The summed E-state index contributed by atoms with van der Waals surface area (Å²) in [6, 6.07) is 7.29. The van der Waals surface area contributed by atoms with Crippen molar-refractivity contribution in [1.82, 2.24) is 4.90 Å². The number of fused-ring (bicyclic) bond motifs is 1. The maximum absolute atomic E-state index is 12.8. The van der Waals surface area contributed by atoms with E-state index in [4.69, 9.17) is 4.74 Å². The third-order valence-corrected chi connectivity index (χ3v) is 6.00. The lowest BCUT2D eigenvalue weighted by Gasteiger charge is -2.32. The summed E-state index contributed by atoms with van der Waals surface area (Å²) in [6.45, 7) is 5.19. The number of amides is 2. The van der Waals surface area contributed by atoms with E-state index < -0.39 is 12.0 Å². The fraction of sp³-hybridized carbons (Fsp3) is 0.286. The minimum Gasteiger partial charge on any atom is -0.465 e. The topological polar surface area (TPSA) is 75.7 Å². The summed E-state index contributed by atoms with van der Waals surface area (Å²) >= 11 is 1.34.